The van der Waals surface area contributed by atoms with Crippen LogP contribution in [0, 0.1) is 0 Å². The maximum atomic E-state index is 12.8. The van der Waals surface area contributed by atoms with E-state index in [1.165, 1.54) is 16.7 Å². The molecule has 1 saturated heterocycles. The third kappa shape index (κ3) is 5.50. The van der Waals surface area contributed by atoms with Crippen LogP contribution in [0.15, 0.2) is 53.5 Å². The van der Waals surface area contributed by atoms with Gasteiger partial charge in [-0.2, -0.15) is 0 Å². The summed E-state index contributed by atoms with van der Waals surface area (Å²) in [7, 11) is 3.47. The summed E-state index contributed by atoms with van der Waals surface area (Å²) in [5, 5.41) is 3.29. The number of rotatable bonds is 4. The van der Waals surface area contributed by atoms with E-state index in [1.54, 1.807) is 14.2 Å². The van der Waals surface area contributed by atoms with Crippen molar-refractivity contribution < 1.29 is 9.53 Å². The zero-order valence-corrected chi connectivity index (χ0v) is 20.5. The van der Waals surface area contributed by atoms with Gasteiger partial charge in [-0.05, 0) is 41.7 Å². The smallest absolute Gasteiger partial charge is 0.242 e. The van der Waals surface area contributed by atoms with Crippen molar-refractivity contribution >= 4 is 35.8 Å². The number of carbonyl (C=O) groups is 1. The molecule has 1 amide bonds. The van der Waals surface area contributed by atoms with Gasteiger partial charge in [-0.1, -0.05) is 36.4 Å². The first kappa shape index (κ1) is 23.4. The quantitative estimate of drug-likeness (QED) is 0.372. The first-order valence-electron chi connectivity index (χ1n) is 10.6. The lowest BCUT2D eigenvalue weighted by Gasteiger charge is -2.29. The Balaban J connectivity index is 0.00000272. The molecule has 0 radical (unpaired) electrons. The predicted octanol–water partition coefficient (Wildman–Crippen LogP) is 3.26. The van der Waals surface area contributed by atoms with Gasteiger partial charge in [0.1, 0.15) is 5.75 Å². The molecular formula is C24H31IN4O2. The van der Waals surface area contributed by atoms with Gasteiger partial charge in [0.15, 0.2) is 5.96 Å². The molecule has 0 aliphatic carbocycles. The minimum Gasteiger partial charge on any atom is -0.497 e. The van der Waals surface area contributed by atoms with Crippen LogP contribution in [-0.4, -0.2) is 62.0 Å². The number of amides is 1. The fourth-order valence-electron chi connectivity index (χ4n) is 4.41. The lowest BCUT2D eigenvalue weighted by atomic mass is 9.98. The highest BCUT2D eigenvalue weighted by Gasteiger charge is 2.27. The number of hydrogen-bond donors (Lipinski definition) is 1. The van der Waals surface area contributed by atoms with Crippen molar-refractivity contribution in [3.05, 3.63) is 65.2 Å². The summed E-state index contributed by atoms with van der Waals surface area (Å²) in [6.07, 6.45) is 2.00. The van der Waals surface area contributed by atoms with E-state index < -0.39 is 0 Å². The summed E-state index contributed by atoms with van der Waals surface area (Å²) in [5.74, 6) is 2.27. The van der Waals surface area contributed by atoms with Crippen LogP contribution in [0.1, 0.15) is 29.0 Å². The molecule has 166 valence electrons. The van der Waals surface area contributed by atoms with Crippen molar-refractivity contribution in [2.24, 2.45) is 4.99 Å². The van der Waals surface area contributed by atoms with Crippen molar-refractivity contribution in [1.29, 1.82) is 0 Å². The minimum absolute atomic E-state index is 0. The molecule has 2 aromatic carbocycles. The first-order valence-corrected chi connectivity index (χ1v) is 10.6. The van der Waals surface area contributed by atoms with Gasteiger partial charge in [0.25, 0.3) is 0 Å². The number of nitrogens with one attached hydrogen (secondary N) is 1. The van der Waals surface area contributed by atoms with Gasteiger partial charge in [0.2, 0.25) is 5.91 Å². The average Bonchev–Trinajstić information content (AvgIpc) is 3.29. The minimum atomic E-state index is 0. The number of fused-ring (bicyclic) bond motifs is 1. The SMILES string of the molecule is CN=C(NCC(=O)N1CCc2ccccc2C1)N1CCC(c2ccc(OC)cc2)C1.I. The maximum absolute atomic E-state index is 12.8. The molecule has 0 spiro atoms. The number of aliphatic imine (C=N–C) groups is 1. The second-order valence-electron chi connectivity index (χ2n) is 7.94. The molecule has 1 unspecified atom stereocenters. The third-order valence-electron chi connectivity index (χ3n) is 6.17. The van der Waals surface area contributed by atoms with Crippen LogP contribution in [0.3, 0.4) is 0 Å². The average molecular weight is 534 g/mol. The molecule has 0 aromatic heterocycles. The normalized spacial score (nSPS) is 18.3. The molecule has 1 atom stereocenters. The van der Waals surface area contributed by atoms with Crippen molar-refractivity contribution in [3.63, 3.8) is 0 Å². The standard InChI is InChI=1S/C24H30N4O2.HI/c1-25-24(28-14-12-21(17-28)19-7-9-22(30-2)10-8-19)26-15-23(29)27-13-11-18-5-3-4-6-20(18)16-27;/h3-10,21H,11-17H2,1-2H3,(H,25,26);1H. The van der Waals surface area contributed by atoms with Crippen LogP contribution in [-0.2, 0) is 17.8 Å². The van der Waals surface area contributed by atoms with Crippen molar-refractivity contribution in [3.8, 4) is 5.75 Å². The van der Waals surface area contributed by atoms with E-state index in [1.807, 2.05) is 23.1 Å². The van der Waals surface area contributed by atoms with Gasteiger partial charge in [0.05, 0.1) is 13.7 Å². The second kappa shape index (κ2) is 10.8. The largest absolute Gasteiger partial charge is 0.497 e. The Morgan fingerprint density at radius 3 is 2.55 bits per heavy atom. The summed E-state index contributed by atoms with van der Waals surface area (Å²) in [6, 6.07) is 16.7. The topological polar surface area (TPSA) is 57.2 Å². The molecule has 2 aliphatic heterocycles. The summed E-state index contributed by atoms with van der Waals surface area (Å²) in [6.45, 7) is 3.58. The summed E-state index contributed by atoms with van der Waals surface area (Å²) in [4.78, 5) is 21.4. The Morgan fingerprint density at radius 2 is 1.84 bits per heavy atom. The molecule has 0 bridgehead atoms. The highest BCUT2D eigenvalue weighted by Crippen LogP contribution is 2.28. The molecular weight excluding hydrogens is 503 g/mol. The van der Waals surface area contributed by atoms with E-state index in [-0.39, 0.29) is 36.4 Å². The Kier molecular flexibility index (Phi) is 8.17. The van der Waals surface area contributed by atoms with Gasteiger partial charge in [-0.3, -0.25) is 9.79 Å². The number of likely N-dealkylation sites (tertiary alicyclic amines) is 1. The summed E-state index contributed by atoms with van der Waals surface area (Å²) in [5.41, 5.74) is 3.92. The molecule has 2 heterocycles. The Bertz CT molecular complexity index is 916. The first-order chi connectivity index (χ1) is 14.7. The number of halogens is 1. The lowest BCUT2D eigenvalue weighted by Crippen LogP contribution is -2.46. The summed E-state index contributed by atoms with van der Waals surface area (Å²) < 4.78 is 5.26. The van der Waals surface area contributed by atoms with E-state index in [0.717, 1.165) is 44.2 Å². The molecule has 4 rings (SSSR count). The molecule has 1 fully saturated rings. The van der Waals surface area contributed by atoms with Crippen molar-refractivity contribution in [2.75, 3.05) is 40.3 Å². The molecule has 7 heteroatoms. The van der Waals surface area contributed by atoms with Crippen LogP contribution in [0.4, 0.5) is 0 Å². The lowest BCUT2D eigenvalue weighted by molar-refractivity contribution is -0.130. The molecule has 0 saturated carbocycles. The number of methoxy groups -OCH3 is 1. The van der Waals surface area contributed by atoms with Gasteiger partial charge in [0, 0.05) is 39.1 Å². The van der Waals surface area contributed by atoms with E-state index in [9.17, 15) is 4.79 Å². The molecule has 31 heavy (non-hydrogen) atoms. The van der Waals surface area contributed by atoms with Gasteiger partial charge in [-0.15, -0.1) is 24.0 Å². The zero-order chi connectivity index (χ0) is 20.9. The number of hydrogen-bond acceptors (Lipinski definition) is 3. The van der Waals surface area contributed by atoms with Crippen molar-refractivity contribution in [2.45, 2.75) is 25.3 Å². The van der Waals surface area contributed by atoms with E-state index in [0.29, 0.717) is 12.5 Å². The predicted molar refractivity (Wildman–Crippen MR) is 134 cm³/mol. The van der Waals surface area contributed by atoms with Crippen LogP contribution >= 0.6 is 24.0 Å². The number of benzene rings is 2. The van der Waals surface area contributed by atoms with E-state index in [2.05, 4.69) is 45.5 Å². The van der Waals surface area contributed by atoms with Gasteiger partial charge < -0.3 is 19.9 Å². The number of nitrogens with zero attached hydrogens (tertiary/aromatic N) is 3. The monoisotopic (exact) mass is 534 g/mol. The van der Waals surface area contributed by atoms with Crippen LogP contribution in [0.5, 0.6) is 5.75 Å². The molecule has 2 aliphatic rings. The fraction of sp³-hybridized carbons (Fsp3) is 0.417. The van der Waals surface area contributed by atoms with Gasteiger partial charge >= 0.3 is 0 Å². The second-order valence-corrected chi connectivity index (χ2v) is 7.94. The van der Waals surface area contributed by atoms with E-state index >= 15 is 0 Å². The van der Waals surface area contributed by atoms with Crippen LogP contribution in [0.2, 0.25) is 0 Å². The molecule has 6 nitrogen and oxygen atoms in total. The van der Waals surface area contributed by atoms with Crippen LogP contribution < -0.4 is 10.1 Å². The molecule has 1 N–H and O–H groups in total. The Hall–Kier alpha value is -2.29. The fourth-order valence-corrected chi connectivity index (χ4v) is 4.41. The number of ether oxygens (including phenoxy) is 1. The number of carbonyl (C=O) groups excluding carboxylic acids is 1. The Labute approximate surface area is 201 Å². The third-order valence-corrected chi connectivity index (χ3v) is 6.17. The highest BCUT2D eigenvalue weighted by atomic mass is 127. The highest BCUT2D eigenvalue weighted by molar-refractivity contribution is 14.0. The molecule has 2 aromatic rings. The Morgan fingerprint density at radius 1 is 1.10 bits per heavy atom. The number of guanidine groups is 1. The van der Waals surface area contributed by atoms with Crippen molar-refractivity contribution in [1.82, 2.24) is 15.1 Å². The zero-order valence-electron chi connectivity index (χ0n) is 18.2. The summed E-state index contributed by atoms with van der Waals surface area (Å²) >= 11 is 0. The van der Waals surface area contributed by atoms with E-state index in [4.69, 9.17) is 4.74 Å². The van der Waals surface area contributed by atoms with Crippen LogP contribution in [0.25, 0.3) is 0 Å². The van der Waals surface area contributed by atoms with Gasteiger partial charge in [-0.25, -0.2) is 0 Å². The maximum Gasteiger partial charge on any atom is 0.242 e.